The summed E-state index contributed by atoms with van der Waals surface area (Å²) in [7, 11) is 1.35. The molecule has 0 fully saturated rings. The van der Waals surface area contributed by atoms with E-state index < -0.39 is 28.9 Å². The highest BCUT2D eigenvalue weighted by Crippen LogP contribution is 2.44. The highest BCUT2D eigenvalue weighted by Gasteiger charge is 2.45. The number of rotatable bonds is 2. The molecule has 0 radical (unpaired) electrons. The summed E-state index contributed by atoms with van der Waals surface area (Å²) >= 11 is 0. The van der Waals surface area contributed by atoms with Gasteiger partial charge in [0.15, 0.2) is 17.3 Å². The maximum Gasteiger partial charge on any atom is 0.471 e. The molecule has 1 aliphatic carbocycles. The van der Waals surface area contributed by atoms with Crippen molar-refractivity contribution in [3.8, 4) is 11.5 Å². The van der Waals surface area contributed by atoms with E-state index in [1.807, 2.05) is 0 Å². The summed E-state index contributed by atoms with van der Waals surface area (Å²) < 4.78 is 50.3. The Hall–Kier alpha value is -3.10. The highest BCUT2D eigenvalue weighted by atomic mass is 19.4. The second-order valence-electron chi connectivity index (χ2n) is 8.88. The van der Waals surface area contributed by atoms with E-state index in [0.717, 1.165) is 4.90 Å². The fraction of sp³-hybridized carbons (Fsp3) is 0.435. The first-order chi connectivity index (χ1) is 14.8. The number of amides is 1. The first-order valence-corrected chi connectivity index (χ1v) is 9.99. The van der Waals surface area contributed by atoms with Gasteiger partial charge in [0.1, 0.15) is 0 Å². The number of nitrogens with zero attached hydrogens (tertiary/aromatic N) is 1. The molecule has 172 valence electrons. The van der Waals surface area contributed by atoms with Crippen molar-refractivity contribution in [3.05, 3.63) is 47.6 Å². The molecule has 1 aromatic carbocycles. The summed E-state index contributed by atoms with van der Waals surface area (Å²) in [5.74, 6) is -2.45. The van der Waals surface area contributed by atoms with Crippen LogP contribution in [0.1, 0.15) is 38.3 Å². The number of methoxy groups -OCH3 is 1. The van der Waals surface area contributed by atoms with Gasteiger partial charge < -0.3 is 14.4 Å². The number of carbonyl (C=O) groups is 3. The fourth-order valence-corrected chi connectivity index (χ4v) is 3.67. The molecule has 0 saturated carbocycles. The lowest BCUT2D eigenvalue weighted by molar-refractivity contribution is -0.186. The van der Waals surface area contributed by atoms with E-state index in [-0.39, 0.29) is 36.8 Å². The van der Waals surface area contributed by atoms with E-state index in [9.17, 15) is 27.6 Å². The molecule has 0 unspecified atom stereocenters. The van der Waals surface area contributed by atoms with E-state index in [1.54, 1.807) is 39.0 Å². The van der Waals surface area contributed by atoms with Crippen molar-refractivity contribution in [2.45, 2.75) is 45.3 Å². The van der Waals surface area contributed by atoms with Gasteiger partial charge in [0.2, 0.25) is 0 Å². The number of carbonyl (C=O) groups excluding carboxylic acids is 3. The summed E-state index contributed by atoms with van der Waals surface area (Å²) in [5, 5.41) is 0. The van der Waals surface area contributed by atoms with Gasteiger partial charge in [0.05, 0.1) is 12.5 Å². The third kappa shape index (κ3) is 4.56. The summed E-state index contributed by atoms with van der Waals surface area (Å²) in [4.78, 5) is 36.9. The van der Waals surface area contributed by atoms with Crippen LogP contribution in [-0.4, -0.2) is 42.4 Å². The lowest BCUT2D eigenvalue weighted by Crippen LogP contribution is -2.41. The number of alkyl halides is 3. The Morgan fingerprint density at radius 1 is 1.06 bits per heavy atom. The van der Waals surface area contributed by atoms with Crippen molar-refractivity contribution in [3.63, 3.8) is 0 Å². The van der Waals surface area contributed by atoms with Gasteiger partial charge in [-0.2, -0.15) is 13.2 Å². The van der Waals surface area contributed by atoms with E-state index in [4.69, 9.17) is 9.47 Å². The van der Waals surface area contributed by atoms with Gasteiger partial charge in [-0.1, -0.05) is 12.2 Å². The molecule has 6 nitrogen and oxygen atoms in total. The van der Waals surface area contributed by atoms with Gasteiger partial charge in [-0.3, -0.25) is 14.4 Å². The Labute approximate surface area is 183 Å². The van der Waals surface area contributed by atoms with Crippen molar-refractivity contribution in [1.82, 2.24) is 4.90 Å². The van der Waals surface area contributed by atoms with Crippen LogP contribution in [0.2, 0.25) is 0 Å². The summed E-state index contributed by atoms with van der Waals surface area (Å²) in [6.45, 7) is 4.56. The van der Waals surface area contributed by atoms with E-state index in [0.29, 0.717) is 11.1 Å². The highest BCUT2D eigenvalue weighted by molar-refractivity contribution is 6.00. The minimum Gasteiger partial charge on any atom is -0.493 e. The van der Waals surface area contributed by atoms with E-state index in [1.165, 1.54) is 25.3 Å². The molecule has 1 aromatic rings. The molecule has 0 bridgehead atoms. The van der Waals surface area contributed by atoms with Crippen LogP contribution in [0.25, 0.3) is 0 Å². The zero-order valence-electron chi connectivity index (χ0n) is 18.2. The Bertz CT molecular complexity index is 1000. The monoisotopic (exact) mass is 451 g/mol. The van der Waals surface area contributed by atoms with Crippen LogP contribution >= 0.6 is 0 Å². The van der Waals surface area contributed by atoms with Crippen molar-refractivity contribution in [2.75, 3.05) is 13.7 Å². The predicted molar refractivity (Wildman–Crippen MR) is 109 cm³/mol. The first-order valence-electron chi connectivity index (χ1n) is 9.99. The molecule has 1 amide bonds. The molecular formula is C23H24F3NO5. The number of esters is 1. The maximum atomic E-state index is 13.1. The van der Waals surface area contributed by atoms with Crippen LogP contribution in [0.3, 0.4) is 0 Å². The number of ether oxygens (including phenoxy) is 2. The van der Waals surface area contributed by atoms with Crippen LogP contribution in [0, 0.1) is 5.41 Å². The van der Waals surface area contributed by atoms with Crippen LogP contribution in [0.15, 0.2) is 36.4 Å². The first kappa shape index (κ1) is 23.6. The molecule has 1 aliphatic heterocycles. The average Bonchev–Trinajstić information content (AvgIpc) is 2.85. The van der Waals surface area contributed by atoms with Crippen LogP contribution in [0.5, 0.6) is 11.5 Å². The van der Waals surface area contributed by atoms with Crippen molar-refractivity contribution < 1.29 is 37.0 Å². The number of halogens is 3. The van der Waals surface area contributed by atoms with Gasteiger partial charge in [-0.25, -0.2) is 0 Å². The minimum atomic E-state index is -5.02. The number of fused-ring (bicyclic) bond motifs is 2. The zero-order chi connectivity index (χ0) is 23.9. The average molecular weight is 451 g/mol. The number of benzene rings is 1. The van der Waals surface area contributed by atoms with Crippen molar-refractivity contribution in [1.29, 1.82) is 0 Å². The maximum absolute atomic E-state index is 13.1. The van der Waals surface area contributed by atoms with Crippen LogP contribution < -0.4 is 9.47 Å². The van der Waals surface area contributed by atoms with Gasteiger partial charge in [-0.15, -0.1) is 0 Å². The molecule has 0 atom stereocenters. The molecule has 0 N–H and O–H groups in total. The Morgan fingerprint density at radius 2 is 1.69 bits per heavy atom. The molecule has 1 heterocycles. The molecule has 0 saturated heterocycles. The van der Waals surface area contributed by atoms with Gasteiger partial charge >= 0.3 is 18.1 Å². The lowest BCUT2D eigenvalue weighted by Gasteiger charge is -2.30. The summed E-state index contributed by atoms with van der Waals surface area (Å²) in [5.41, 5.74) is -0.815. The normalized spacial score (nSPS) is 17.7. The molecule has 0 aromatic heterocycles. The molecule has 9 heteroatoms. The van der Waals surface area contributed by atoms with Crippen LogP contribution in [-0.2, 0) is 26.3 Å². The number of hydrogen-bond acceptors (Lipinski definition) is 5. The predicted octanol–water partition coefficient (Wildman–Crippen LogP) is 3.87. The molecule has 1 spiro atoms. The summed E-state index contributed by atoms with van der Waals surface area (Å²) in [6, 6.07) is 3.02. The van der Waals surface area contributed by atoms with E-state index in [2.05, 4.69) is 0 Å². The second kappa shape index (κ2) is 8.11. The smallest absolute Gasteiger partial charge is 0.471 e. The SMILES string of the molecule is COc1cc2c(cc1OC(=O)C(C)(C)C)C1(C=CC(=O)C=C1)CCN(C(=O)C(F)(F)F)C2. The topological polar surface area (TPSA) is 72.9 Å². The minimum absolute atomic E-state index is 0.111. The summed E-state index contributed by atoms with van der Waals surface area (Å²) in [6.07, 6.45) is 1.00. The Morgan fingerprint density at radius 3 is 2.22 bits per heavy atom. The molecule has 2 aliphatic rings. The van der Waals surface area contributed by atoms with Gasteiger partial charge in [0.25, 0.3) is 0 Å². The van der Waals surface area contributed by atoms with E-state index >= 15 is 0 Å². The van der Waals surface area contributed by atoms with Crippen LogP contribution in [0.4, 0.5) is 13.2 Å². The third-order valence-corrected chi connectivity index (χ3v) is 5.48. The second-order valence-corrected chi connectivity index (χ2v) is 8.88. The van der Waals surface area contributed by atoms with Gasteiger partial charge in [-0.05, 0) is 62.6 Å². The largest absolute Gasteiger partial charge is 0.493 e. The third-order valence-electron chi connectivity index (χ3n) is 5.48. The molecular weight excluding hydrogens is 427 g/mol. The van der Waals surface area contributed by atoms with Gasteiger partial charge in [0, 0.05) is 18.5 Å². The number of ketones is 1. The number of hydrogen-bond donors (Lipinski definition) is 0. The lowest BCUT2D eigenvalue weighted by atomic mass is 9.73. The standard InChI is InChI=1S/C23H24F3NO5/c1-21(2,3)20(30)32-18-12-16-14(11-17(18)31-4)13-27(19(29)23(24,25)26)10-9-22(16)7-5-15(28)6-8-22/h5-8,11-12H,9-10,13H2,1-4H3. The zero-order valence-corrected chi connectivity index (χ0v) is 18.2. The molecule has 3 rings (SSSR count). The fourth-order valence-electron chi connectivity index (χ4n) is 3.67. The Balaban J connectivity index is 2.15. The van der Waals surface area contributed by atoms with Crippen molar-refractivity contribution in [2.24, 2.45) is 5.41 Å². The quantitative estimate of drug-likeness (QED) is 0.504. The van der Waals surface area contributed by atoms with Crippen molar-refractivity contribution >= 4 is 17.7 Å². The Kier molecular flexibility index (Phi) is 5.97. The number of allylic oxidation sites excluding steroid dienone is 4. The molecule has 32 heavy (non-hydrogen) atoms.